The molecule has 0 unspecified atom stereocenters. The predicted octanol–water partition coefficient (Wildman–Crippen LogP) is 1.21. The minimum Gasteiger partial charge on any atom is -0.345 e. The molecule has 0 bridgehead atoms. The van der Waals surface area contributed by atoms with Crippen molar-refractivity contribution < 1.29 is 4.79 Å². The highest BCUT2D eigenvalue weighted by atomic mass is 16.2. The maximum Gasteiger partial charge on any atom is 0.245 e. The number of allylic oxidation sites excluding steroid dienone is 2. The molecule has 0 aliphatic carbocycles. The second-order valence-corrected chi connectivity index (χ2v) is 2.16. The molecule has 10 heavy (non-hydrogen) atoms. The van der Waals surface area contributed by atoms with Crippen LogP contribution in [0.15, 0.2) is 24.8 Å². The fourth-order valence-electron chi connectivity index (χ4n) is 0.414. The van der Waals surface area contributed by atoms with Crippen LogP contribution in [0.4, 0.5) is 0 Å². The lowest BCUT2D eigenvalue weighted by molar-refractivity contribution is -0.123. The van der Waals surface area contributed by atoms with Crippen molar-refractivity contribution >= 4 is 5.91 Å². The van der Waals surface area contributed by atoms with Gasteiger partial charge in [0.1, 0.15) is 0 Å². The minimum absolute atomic E-state index is 0.0156. The van der Waals surface area contributed by atoms with Gasteiger partial charge in [0.2, 0.25) is 5.91 Å². The summed E-state index contributed by atoms with van der Waals surface area (Å²) in [7, 11) is 3.45. The number of carbonyl (C=O) groups excluding carboxylic acids is 1. The van der Waals surface area contributed by atoms with Gasteiger partial charge in [0.25, 0.3) is 0 Å². The van der Waals surface area contributed by atoms with Crippen molar-refractivity contribution in [1.29, 1.82) is 0 Å². The third-order valence-electron chi connectivity index (χ3n) is 1.00. The zero-order valence-corrected chi connectivity index (χ0v) is 6.50. The van der Waals surface area contributed by atoms with Crippen molar-refractivity contribution in [2.75, 3.05) is 14.1 Å². The SMILES string of the molecule is C=CC/C=C/C(=O)N(C)C. The molecule has 0 aromatic carbocycles. The number of rotatable bonds is 3. The Labute approximate surface area is 61.8 Å². The lowest BCUT2D eigenvalue weighted by Gasteiger charge is -2.04. The van der Waals surface area contributed by atoms with Crippen molar-refractivity contribution in [3.05, 3.63) is 24.8 Å². The summed E-state index contributed by atoms with van der Waals surface area (Å²) in [6.45, 7) is 3.53. The van der Waals surface area contributed by atoms with Crippen molar-refractivity contribution in [3.63, 3.8) is 0 Å². The summed E-state index contributed by atoms with van der Waals surface area (Å²) < 4.78 is 0. The molecule has 2 heteroatoms. The lowest BCUT2D eigenvalue weighted by atomic mass is 10.3. The van der Waals surface area contributed by atoms with E-state index in [2.05, 4.69) is 6.58 Å². The molecule has 1 amide bonds. The number of likely N-dealkylation sites (N-methyl/N-ethyl adjacent to an activating group) is 1. The van der Waals surface area contributed by atoms with Gasteiger partial charge < -0.3 is 4.90 Å². The van der Waals surface area contributed by atoms with Crippen molar-refractivity contribution in [2.45, 2.75) is 6.42 Å². The van der Waals surface area contributed by atoms with Crippen LogP contribution >= 0.6 is 0 Å². The molecule has 0 rings (SSSR count). The molecule has 0 spiro atoms. The van der Waals surface area contributed by atoms with Crippen LogP contribution in [0.5, 0.6) is 0 Å². The van der Waals surface area contributed by atoms with Crippen LogP contribution in [-0.4, -0.2) is 24.9 Å². The van der Waals surface area contributed by atoms with Gasteiger partial charge in [-0.25, -0.2) is 0 Å². The van der Waals surface area contributed by atoms with Gasteiger partial charge in [-0.15, -0.1) is 6.58 Å². The second kappa shape index (κ2) is 4.79. The molecule has 0 aromatic heterocycles. The Morgan fingerprint density at radius 1 is 1.60 bits per heavy atom. The summed E-state index contributed by atoms with van der Waals surface area (Å²) in [6.07, 6.45) is 5.83. The van der Waals surface area contributed by atoms with Crippen LogP contribution < -0.4 is 0 Å². The first-order chi connectivity index (χ1) is 4.68. The molecule has 56 valence electrons. The summed E-state index contributed by atoms with van der Waals surface area (Å²) in [5.41, 5.74) is 0. The zero-order chi connectivity index (χ0) is 7.98. The Morgan fingerprint density at radius 3 is 2.60 bits per heavy atom. The van der Waals surface area contributed by atoms with Crippen LogP contribution in [0.25, 0.3) is 0 Å². The van der Waals surface area contributed by atoms with E-state index in [4.69, 9.17) is 0 Å². The summed E-state index contributed by atoms with van der Waals surface area (Å²) in [6, 6.07) is 0. The molecule has 0 radical (unpaired) electrons. The minimum atomic E-state index is 0.0156. The predicted molar refractivity (Wildman–Crippen MR) is 42.6 cm³/mol. The van der Waals surface area contributed by atoms with E-state index >= 15 is 0 Å². The number of amides is 1. The third-order valence-corrected chi connectivity index (χ3v) is 1.00. The Kier molecular flexibility index (Phi) is 4.29. The molecule has 0 saturated carbocycles. The van der Waals surface area contributed by atoms with E-state index in [1.165, 1.54) is 4.90 Å². The number of nitrogens with zero attached hydrogens (tertiary/aromatic N) is 1. The summed E-state index contributed by atoms with van der Waals surface area (Å²) >= 11 is 0. The summed E-state index contributed by atoms with van der Waals surface area (Å²) in [4.78, 5) is 12.3. The summed E-state index contributed by atoms with van der Waals surface area (Å²) in [5.74, 6) is 0.0156. The van der Waals surface area contributed by atoms with Crippen LogP contribution in [0, 0.1) is 0 Å². The fraction of sp³-hybridized carbons (Fsp3) is 0.375. The molecule has 0 fully saturated rings. The Hall–Kier alpha value is -1.05. The van der Waals surface area contributed by atoms with Crippen LogP contribution in [-0.2, 0) is 4.79 Å². The van der Waals surface area contributed by atoms with Crippen molar-refractivity contribution in [3.8, 4) is 0 Å². The third kappa shape index (κ3) is 3.89. The highest BCUT2D eigenvalue weighted by Gasteiger charge is 1.93. The Morgan fingerprint density at radius 2 is 2.20 bits per heavy atom. The van der Waals surface area contributed by atoms with Gasteiger partial charge >= 0.3 is 0 Å². The van der Waals surface area contributed by atoms with Crippen molar-refractivity contribution in [1.82, 2.24) is 4.90 Å². The number of hydrogen-bond acceptors (Lipinski definition) is 1. The molecular formula is C8H13NO. The average Bonchev–Trinajstić information content (AvgIpc) is 1.88. The van der Waals surface area contributed by atoms with E-state index < -0.39 is 0 Å². The topological polar surface area (TPSA) is 20.3 Å². The van der Waals surface area contributed by atoms with Gasteiger partial charge in [0, 0.05) is 14.1 Å². The van der Waals surface area contributed by atoms with Crippen LogP contribution in [0.3, 0.4) is 0 Å². The highest BCUT2D eigenvalue weighted by Crippen LogP contribution is 1.85. The smallest absolute Gasteiger partial charge is 0.245 e. The molecule has 0 heterocycles. The van der Waals surface area contributed by atoms with E-state index in [0.717, 1.165) is 6.42 Å². The van der Waals surface area contributed by atoms with Gasteiger partial charge in [0.15, 0.2) is 0 Å². The quantitative estimate of drug-likeness (QED) is 0.425. The van der Waals surface area contributed by atoms with Gasteiger partial charge in [-0.05, 0) is 12.5 Å². The molecule has 0 atom stereocenters. The Bertz CT molecular complexity index is 147. The Balaban J connectivity index is 3.66. The normalized spacial score (nSPS) is 9.80. The molecular weight excluding hydrogens is 126 g/mol. The highest BCUT2D eigenvalue weighted by molar-refractivity contribution is 5.87. The monoisotopic (exact) mass is 139 g/mol. The van der Waals surface area contributed by atoms with Gasteiger partial charge in [-0.3, -0.25) is 4.79 Å². The zero-order valence-electron chi connectivity index (χ0n) is 6.50. The maximum absolute atomic E-state index is 10.8. The van der Waals surface area contributed by atoms with Crippen LogP contribution in [0.1, 0.15) is 6.42 Å². The largest absolute Gasteiger partial charge is 0.345 e. The second-order valence-electron chi connectivity index (χ2n) is 2.16. The molecule has 0 aliphatic heterocycles. The van der Waals surface area contributed by atoms with Gasteiger partial charge in [0.05, 0.1) is 0 Å². The maximum atomic E-state index is 10.8. The van der Waals surface area contributed by atoms with Gasteiger partial charge in [-0.2, -0.15) is 0 Å². The first kappa shape index (κ1) is 8.95. The average molecular weight is 139 g/mol. The molecule has 0 saturated heterocycles. The van der Waals surface area contributed by atoms with E-state index in [1.807, 2.05) is 0 Å². The van der Waals surface area contributed by atoms with Crippen LogP contribution in [0.2, 0.25) is 0 Å². The van der Waals surface area contributed by atoms with E-state index in [1.54, 1.807) is 32.3 Å². The lowest BCUT2D eigenvalue weighted by Crippen LogP contribution is -2.18. The van der Waals surface area contributed by atoms with E-state index in [0.29, 0.717) is 0 Å². The molecule has 0 aliphatic rings. The first-order valence-electron chi connectivity index (χ1n) is 3.17. The van der Waals surface area contributed by atoms with Gasteiger partial charge in [-0.1, -0.05) is 12.2 Å². The number of carbonyl (C=O) groups is 1. The number of hydrogen-bond donors (Lipinski definition) is 0. The van der Waals surface area contributed by atoms with E-state index in [9.17, 15) is 4.79 Å². The molecule has 0 aromatic rings. The summed E-state index contributed by atoms with van der Waals surface area (Å²) in [5, 5.41) is 0. The molecule has 0 N–H and O–H groups in total. The standard InChI is InChI=1S/C8H13NO/c1-4-5-6-7-8(10)9(2)3/h4,6-7H,1,5H2,2-3H3/b7-6+. The van der Waals surface area contributed by atoms with E-state index in [-0.39, 0.29) is 5.91 Å². The van der Waals surface area contributed by atoms with Crippen molar-refractivity contribution in [2.24, 2.45) is 0 Å². The first-order valence-corrected chi connectivity index (χ1v) is 3.17. The fourth-order valence-corrected chi connectivity index (χ4v) is 0.414. The molecule has 2 nitrogen and oxygen atoms in total.